The van der Waals surface area contributed by atoms with E-state index in [9.17, 15) is 13.2 Å². The molecule has 0 saturated heterocycles. The Morgan fingerprint density at radius 1 is 1.47 bits per heavy atom. The molecule has 0 heterocycles. The maximum atomic E-state index is 11.7. The van der Waals surface area contributed by atoms with Crippen LogP contribution in [0.1, 0.15) is 20.8 Å². The van der Waals surface area contributed by atoms with Crippen molar-refractivity contribution in [1.29, 1.82) is 0 Å². The van der Waals surface area contributed by atoms with Crippen LogP contribution in [0.3, 0.4) is 0 Å². The third-order valence-electron chi connectivity index (χ3n) is 2.10. The average Bonchev–Trinajstić information content (AvgIpc) is 2.16. The molecule has 3 N–H and O–H groups in total. The quantitative estimate of drug-likeness (QED) is 0.699. The van der Waals surface area contributed by atoms with Crippen molar-refractivity contribution in [2.24, 2.45) is 11.1 Å². The van der Waals surface area contributed by atoms with Crippen molar-refractivity contribution in [3.05, 3.63) is 0 Å². The average molecular weight is 267 g/mol. The maximum absolute atomic E-state index is 11.7. The van der Waals surface area contributed by atoms with Gasteiger partial charge in [0.25, 0.3) is 0 Å². The van der Waals surface area contributed by atoms with E-state index in [-0.39, 0.29) is 18.6 Å². The molecule has 0 rings (SSSR count). The lowest BCUT2D eigenvalue weighted by Gasteiger charge is -2.28. The summed E-state index contributed by atoms with van der Waals surface area (Å²) < 4.78 is 30.7. The van der Waals surface area contributed by atoms with Crippen molar-refractivity contribution < 1.29 is 17.9 Å². The highest BCUT2D eigenvalue weighted by molar-refractivity contribution is 7.87. The molecular weight excluding hydrogens is 246 g/mol. The molecule has 0 aliphatic heterocycles. The highest BCUT2D eigenvalue weighted by atomic mass is 32.2. The monoisotopic (exact) mass is 267 g/mol. The summed E-state index contributed by atoms with van der Waals surface area (Å²) in [6.07, 6.45) is -0.982. The first-order valence-corrected chi connectivity index (χ1v) is 6.69. The molecule has 0 saturated carbocycles. The summed E-state index contributed by atoms with van der Waals surface area (Å²) in [4.78, 5) is 11.0. The van der Waals surface area contributed by atoms with Gasteiger partial charge in [-0.1, -0.05) is 13.8 Å². The summed E-state index contributed by atoms with van der Waals surface area (Å²) in [6.45, 7) is 5.92. The molecule has 102 valence electrons. The molecule has 7 nitrogen and oxygen atoms in total. The van der Waals surface area contributed by atoms with Gasteiger partial charge in [-0.05, 0) is 18.9 Å². The van der Waals surface area contributed by atoms with Crippen molar-refractivity contribution in [3.63, 3.8) is 0 Å². The van der Waals surface area contributed by atoms with Crippen LogP contribution in [0.15, 0.2) is 0 Å². The second-order valence-corrected chi connectivity index (χ2v) is 6.23. The van der Waals surface area contributed by atoms with Gasteiger partial charge in [0.1, 0.15) is 0 Å². The van der Waals surface area contributed by atoms with E-state index in [1.54, 1.807) is 11.6 Å². The zero-order valence-corrected chi connectivity index (χ0v) is 11.5. The van der Waals surface area contributed by atoms with Crippen molar-refractivity contribution >= 4 is 16.3 Å². The van der Waals surface area contributed by atoms with E-state index in [1.165, 1.54) is 7.05 Å². The molecule has 0 unspecified atom stereocenters. The molecule has 0 spiro atoms. The lowest BCUT2D eigenvalue weighted by atomic mass is 9.94. The first kappa shape index (κ1) is 16.1. The minimum atomic E-state index is -3.87. The van der Waals surface area contributed by atoms with Gasteiger partial charge in [-0.25, -0.2) is 9.52 Å². The van der Waals surface area contributed by atoms with E-state index in [0.29, 0.717) is 6.54 Å². The fraction of sp³-hybridized carbons (Fsp3) is 0.889. The molecule has 0 aliphatic carbocycles. The molecule has 0 aromatic carbocycles. The molecule has 1 amide bonds. The number of rotatable bonds is 6. The van der Waals surface area contributed by atoms with E-state index >= 15 is 0 Å². The number of hydrogen-bond donors (Lipinski definition) is 2. The SMILES string of the molecule is CCOC(=O)NS(=O)(=O)N(C)CC(C)(C)CN. The van der Waals surface area contributed by atoms with Gasteiger partial charge in [0.05, 0.1) is 6.61 Å². The summed E-state index contributed by atoms with van der Waals surface area (Å²) >= 11 is 0. The second kappa shape index (κ2) is 6.18. The fourth-order valence-electron chi connectivity index (χ4n) is 1.10. The third kappa shape index (κ3) is 5.85. The van der Waals surface area contributed by atoms with Crippen LogP contribution in [-0.2, 0) is 14.9 Å². The highest BCUT2D eigenvalue weighted by Crippen LogP contribution is 2.15. The highest BCUT2D eigenvalue weighted by Gasteiger charge is 2.27. The van der Waals surface area contributed by atoms with Gasteiger partial charge in [-0.3, -0.25) is 0 Å². The predicted octanol–water partition coefficient (Wildman–Crippen LogP) is -0.106. The van der Waals surface area contributed by atoms with Crippen LogP contribution in [0.2, 0.25) is 0 Å². The van der Waals surface area contributed by atoms with Gasteiger partial charge in [-0.2, -0.15) is 12.7 Å². The molecular formula is C9H21N3O4S. The summed E-state index contributed by atoms with van der Waals surface area (Å²) in [5.41, 5.74) is 5.15. The molecule has 0 aromatic heterocycles. The number of ether oxygens (including phenoxy) is 1. The fourth-order valence-corrected chi connectivity index (χ4v) is 2.04. The van der Waals surface area contributed by atoms with Crippen LogP contribution in [0.25, 0.3) is 0 Å². The summed E-state index contributed by atoms with van der Waals surface area (Å²) in [5.74, 6) is 0. The van der Waals surface area contributed by atoms with Crippen LogP contribution in [0.4, 0.5) is 4.79 Å². The number of hydrogen-bond acceptors (Lipinski definition) is 5. The maximum Gasteiger partial charge on any atom is 0.421 e. The Kier molecular flexibility index (Phi) is 5.86. The first-order valence-electron chi connectivity index (χ1n) is 5.25. The van der Waals surface area contributed by atoms with Crippen LogP contribution < -0.4 is 10.5 Å². The molecule has 0 fully saturated rings. The van der Waals surface area contributed by atoms with E-state index in [0.717, 1.165) is 4.31 Å². The summed E-state index contributed by atoms with van der Waals surface area (Å²) in [6, 6.07) is 0. The van der Waals surface area contributed by atoms with Gasteiger partial charge < -0.3 is 10.5 Å². The third-order valence-corrected chi connectivity index (χ3v) is 3.48. The van der Waals surface area contributed by atoms with Crippen molar-refractivity contribution in [2.75, 3.05) is 26.7 Å². The standard InChI is InChI=1S/C9H21N3O4S/c1-5-16-8(13)11-17(14,15)12(4)7-9(2,3)6-10/h5-7,10H2,1-4H3,(H,11,13). The largest absolute Gasteiger partial charge is 0.449 e. The Morgan fingerprint density at radius 3 is 2.41 bits per heavy atom. The first-order chi connectivity index (χ1) is 7.64. The van der Waals surface area contributed by atoms with E-state index in [2.05, 4.69) is 4.74 Å². The number of nitrogens with one attached hydrogen (secondary N) is 1. The van der Waals surface area contributed by atoms with Gasteiger partial charge in [-0.15, -0.1) is 0 Å². The Balaban J connectivity index is 4.56. The molecule has 17 heavy (non-hydrogen) atoms. The molecule has 0 aromatic rings. The number of amides is 1. The van der Waals surface area contributed by atoms with Crippen LogP contribution in [0.5, 0.6) is 0 Å². The minimum Gasteiger partial charge on any atom is -0.449 e. The van der Waals surface area contributed by atoms with Crippen LogP contribution in [0, 0.1) is 5.41 Å². The second-order valence-electron chi connectivity index (χ2n) is 4.45. The topological polar surface area (TPSA) is 102 Å². The Morgan fingerprint density at radius 2 is 2.00 bits per heavy atom. The molecule has 0 aliphatic rings. The van der Waals surface area contributed by atoms with E-state index in [1.807, 2.05) is 13.8 Å². The number of carbonyl (C=O) groups excluding carboxylic acids is 1. The molecule has 0 atom stereocenters. The van der Waals surface area contributed by atoms with Gasteiger partial charge >= 0.3 is 16.3 Å². The van der Waals surface area contributed by atoms with Gasteiger partial charge in [0.15, 0.2) is 0 Å². The van der Waals surface area contributed by atoms with Crippen molar-refractivity contribution in [1.82, 2.24) is 9.03 Å². The van der Waals surface area contributed by atoms with Crippen molar-refractivity contribution in [2.45, 2.75) is 20.8 Å². The summed E-state index contributed by atoms with van der Waals surface area (Å²) in [5, 5.41) is 0. The zero-order valence-electron chi connectivity index (χ0n) is 10.7. The van der Waals surface area contributed by atoms with Crippen LogP contribution in [-0.4, -0.2) is 45.6 Å². The Hall–Kier alpha value is -0.860. The van der Waals surface area contributed by atoms with Crippen LogP contribution >= 0.6 is 0 Å². The minimum absolute atomic E-state index is 0.110. The smallest absolute Gasteiger partial charge is 0.421 e. The zero-order chi connectivity index (χ0) is 13.7. The van der Waals surface area contributed by atoms with Gasteiger partial charge in [0.2, 0.25) is 0 Å². The number of carbonyl (C=O) groups is 1. The van der Waals surface area contributed by atoms with E-state index < -0.39 is 16.3 Å². The molecule has 8 heteroatoms. The summed E-state index contributed by atoms with van der Waals surface area (Å²) in [7, 11) is -2.50. The molecule has 0 bridgehead atoms. The van der Waals surface area contributed by atoms with E-state index in [4.69, 9.17) is 5.73 Å². The van der Waals surface area contributed by atoms with Crippen molar-refractivity contribution in [3.8, 4) is 0 Å². The number of nitrogens with zero attached hydrogens (tertiary/aromatic N) is 1. The lowest BCUT2D eigenvalue weighted by Crippen LogP contribution is -2.46. The Labute approximate surface area is 102 Å². The normalized spacial score (nSPS) is 12.6. The van der Waals surface area contributed by atoms with Gasteiger partial charge in [0, 0.05) is 13.6 Å². The lowest BCUT2D eigenvalue weighted by molar-refractivity contribution is 0.157. The predicted molar refractivity (Wildman–Crippen MR) is 64.5 cm³/mol. The number of nitrogens with two attached hydrogens (primary N) is 1. The molecule has 0 radical (unpaired) electrons. The Bertz CT molecular complexity index is 353.